The predicted octanol–water partition coefficient (Wildman–Crippen LogP) is 0.667. The van der Waals surface area contributed by atoms with Gasteiger partial charge in [-0.05, 0) is 11.6 Å². The highest BCUT2D eigenvalue weighted by Crippen LogP contribution is 2.03. The van der Waals surface area contributed by atoms with E-state index in [1.165, 1.54) is 19.7 Å². The normalized spacial score (nSPS) is 9.27. The molecule has 6 heteroatoms. The molecule has 0 N–H and O–H groups in total. The topological polar surface area (TPSA) is 59.0 Å². The number of anilines is 1. The summed E-state index contributed by atoms with van der Waals surface area (Å²) in [5.41, 5.74) is 0. The molecule has 0 bridgehead atoms. The first-order valence-electron chi connectivity index (χ1n) is 2.77. The van der Waals surface area contributed by atoms with E-state index in [0.717, 1.165) is 4.90 Å². The van der Waals surface area contributed by atoms with E-state index in [4.69, 9.17) is 11.6 Å². The van der Waals surface area contributed by atoms with Gasteiger partial charge in [0.1, 0.15) is 12.7 Å². The summed E-state index contributed by atoms with van der Waals surface area (Å²) in [6.45, 7) is 0. The number of nitrogens with zero attached hydrogens (tertiary/aromatic N) is 4. The first kappa shape index (κ1) is 7.87. The van der Waals surface area contributed by atoms with Gasteiger partial charge in [0.15, 0.2) is 0 Å². The van der Waals surface area contributed by atoms with Crippen LogP contribution in [0.1, 0.15) is 0 Å². The highest BCUT2D eigenvalue weighted by Gasteiger charge is 2.08. The SMILES string of the molecule is CN(C(=O)Cl)c1ncncn1. The number of halogens is 1. The number of hydrogen-bond donors (Lipinski definition) is 0. The average Bonchev–Trinajstić information content (AvgIpc) is 2.05. The van der Waals surface area contributed by atoms with Gasteiger partial charge >= 0.3 is 5.37 Å². The summed E-state index contributed by atoms with van der Waals surface area (Å²) in [5, 5.41) is -0.629. The Labute approximate surface area is 68.0 Å². The van der Waals surface area contributed by atoms with Crippen LogP contribution in [0.4, 0.5) is 10.7 Å². The van der Waals surface area contributed by atoms with Crippen molar-refractivity contribution in [2.75, 3.05) is 11.9 Å². The first-order chi connectivity index (χ1) is 5.22. The molecular weight excluding hydrogens is 168 g/mol. The van der Waals surface area contributed by atoms with E-state index in [1.54, 1.807) is 0 Å². The van der Waals surface area contributed by atoms with Gasteiger partial charge < -0.3 is 0 Å². The zero-order valence-electron chi connectivity index (χ0n) is 5.73. The predicted molar refractivity (Wildman–Crippen MR) is 39.5 cm³/mol. The lowest BCUT2D eigenvalue weighted by Gasteiger charge is -2.08. The van der Waals surface area contributed by atoms with Crippen LogP contribution >= 0.6 is 11.6 Å². The Morgan fingerprint density at radius 2 is 2.09 bits per heavy atom. The van der Waals surface area contributed by atoms with Crippen molar-refractivity contribution in [3.8, 4) is 0 Å². The number of aromatic nitrogens is 3. The van der Waals surface area contributed by atoms with Crippen molar-refractivity contribution in [2.24, 2.45) is 0 Å². The third-order valence-electron chi connectivity index (χ3n) is 1.04. The van der Waals surface area contributed by atoms with Crippen LogP contribution in [0.3, 0.4) is 0 Å². The highest BCUT2D eigenvalue weighted by atomic mass is 35.5. The molecule has 1 amide bonds. The molecule has 11 heavy (non-hydrogen) atoms. The van der Waals surface area contributed by atoms with E-state index in [1.807, 2.05) is 0 Å². The fourth-order valence-electron chi connectivity index (χ4n) is 0.485. The van der Waals surface area contributed by atoms with Crippen molar-refractivity contribution < 1.29 is 4.79 Å². The second-order valence-electron chi connectivity index (χ2n) is 1.75. The number of carbonyl (C=O) groups is 1. The molecular formula is C5H5ClN4O. The number of hydrogen-bond acceptors (Lipinski definition) is 4. The van der Waals surface area contributed by atoms with Gasteiger partial charge in [-0.2, -0.15) is 0 Å². The van der Waals surface area contributed by atoms with Gasteiger partial charge in [0.05, 0.1) is 0 Å². The molecule has 1 heterocycles. The minimum atomic E-state index is -0.629. The largest absolute Gasteiger partial charge is 0.322 e. The first-order valence-corrected chi connectivity index (χ1v) is 3.15. The third kappa shape index (κ3) is 1.84. The van der Waals surface area contributed by atoms with Gasteiger partial charge in [0.2, 0.25) is 5.95 Å². The van der Waals surface area contributed by atoms with Crippen LogP contribution in [0.2, 0.25) is 0 Å². The van der Waals surface area contributed by atoms with E-state index in [0.29, 0.717) is 0 Å². The van der Waals surface area contributed by atoms with Gasteiger partial charge in [-0.15, -0.1) is 0 Å². The Kier molecular flexibility index (Phi) is 2.32. The van der Waals surface area contributed by atoms with Gasteiger partial charge in [-0.3, -0.25) is 9.69 Å². The maximum atomic E-state index is 10.5. The molecule has 5 nitrogen and oxygen atoms in total. The molecule has 0 fully saturated rings. The quantitative estimate of drug-likeness (QED) is 0.462. The summed E-state index contributed by atoms with van der Waals surface area (Å²) in [4.78, 5) is 22.6. The van der Waals surface area contributed by atoms with Crippen LogP contribution in [-0.2, 0) is 0 Å². The van der Waals surface area contributed by atoms with Gasteiger partial charge in [-0.1, -0.05) is 0 Å². The Hall–Kier alpha value is -1.23. The molecule has 0 saturated heterocycles. The number of carbonyl (C=O) groups excluding carboxylic acids is 1. The van der Waals surface area contributed by atoms with Crippen LogP contribution in [0.5, 0.6) is 0 Å². The van der Waals surface area contributed by atoms with Crippen LogP contribution in [0.15, 0.2) is 12.7 Å². The lowest BCUT2D eigenvalue weighted by molar-refractivity contribution is 0.265. The molecule has 0 spiro atoms. The monoisotopic (exact) mass is 172 g/mol. The smallest absolute Gasteiger partial charge is 0.270 e. The molecule has 0 unspecified atom stereocenters. The summed E-state index contributed by atoms with van der Waals surface area (Å²) in [5.74, 6) is 0.236. The van der Waals surface area contributed by atoms with Crippen molar-refractivity contribution in [3.63, 3.8) is 0 Å². The van der Waals surface area contributed by atoms with Gasteiger partial charge in [0.25, 0.3) is 0 Å². The maximum absolute atomic E-state index is 10.5. The average molecular weight is 173 g/mol. The van der Waals surface area contributed by atoms with Crippen molar-refractivity contribution in [1.29, 1.82) is 0 Å². The third-order valence-corrected chi connectivity index (χ3v) is 1.30. The van der Waals surface area contributed by atoms with E-state index in [9.17, 15) is 4.79 Å². The summed E-state index contributed by atoms with van der Waals surface area (Å²) in [7, 11) is 1.48. The fourth-order valence-corrected chi connectivity index (χ4v) is 0.561. The molecule has 0 aliphatic rings. The Bertz CT molecular complexity index is 252. The van der Waals surface area contributed by atoms with Gasteiger partial charge in [0, 0.05) is 7.05 Å². The summed E-state index contributed by atoms with van der Waals surface area (Å²) in [6, 6.07) is 0. The number of amides is 1. The van der Waals surface area contributed by atoms with Crippen molar-refractivity contribution >= 4 is 22.9 Å². The van der Waals surface area contributed by atoms with Crippen molar-refractivity contribution in [2.45, 2.75) is 0 Å². The minimum Gasteiger partial charge on any atom is -0.270 e. The Morgan fingerprint density at radius 1 is 1.55 bits per heavy atom. The number of rotatable bonds is 1. The minimum absolute atomic E-state index is 0.236. The fraction of sp³-hybridized carbons (Fsp3) is 0.200. The van der Waals surface area contributed by atoms with Crippen LogP contribution < -0.4 is 4.90 Å². The van der Waals surface area contributed by atoms with E-state index in [-0.39, 0.29) is 5.95 Å². The van der Waals surface area contributed by atoms with E-state index in [2.05, 4.69) is 15.0 Å². The van der Waals surface area contributed by atoms with Crippen molar-refractivity contribution in [1.82, 2.24) is 15.0 Å². The van der Waals surface area contributed by atoms with Crippen LogP contribution in [0.25, 0.3) is 0 Å². The molecule has 0 radical (unpaired) electrons. The summed E-state index contributed by atoms with van der Waals surface area (Å²) in [6.07, 6.45) is 2.58. The molecule has 1 aromatic heterocycles. The molecule has 0 aliphatic heterocycles. The standard InChI is InChI=1S/C5H5ClN4O/c1-10(4(6)11)5-8-2-7-3-9-5/h2-3H,1H3. The Morgan fingerprint density at radius 3 is 2.55 bits per heavy atom. The maximum Gasteiger partial charge on any atom is 0.322 e. The molecule has 0 aromatic carbocycles. The van der Waals surface area contributed by atoms with Crippen LogP contribution in [0, 0.1) is 0 Å². The Balaban J connectivity index is 2.85. The van der Waals surface area contributed by atoms with E-state index < -0.39 is 5.37 Å². The van der Waals surface area contributed by atoms with Crippen molar-refractivity contribution in [3.05, 3.63) is 12.7 Å². The lowest BCUT2D eigenvalue weighted by Crippen LogP contribution is -2.21. The molecule has 58 valence electrons. The zero-order valence-corrected chi connectivity index (χ0v) is 6.49. The summed E-state index contributed by atoms with van der Waals surface area (Å²) < 4.78 is 0. The molecule has 1 rings (SSSR count). The van der Waals surface area contributed by atoms with Crippen LogP contribution in [-0.4, -0.2) is 27.4 Å². The zero-order chi connectivity index (χ0) is 8.27. The summed E-state index contributed by atoms with van der Waals surface area (Å²) >= 11 is 5.15. The second kappa shape index (κ2) is 3.25. The molecule has 0 saturated carbocycles. The highest BCUT2D eigenvalue weighted by molar-refractivity contribution is 6.65. The molecule has 1 aromatic rings. The van der Waals surface area contributed by atoms with E-state index >= 15 is 0 Å². The second-order valence-corrected chi connectivity index (χ2v) is 2.07. The molecule has 0 aliphatic carbocycles. The van der Waals surface area contributed by atoms with Gasteiger partial charge in [-0.25, -0.2) is 15.0 Å². The lowest BCUT2D eigenvalue weighted by atomic mass is 10.8. The molecule has 0 atom stereocenters.